The summed E-state index contributed by atoms with van der Waals surface area (Å²) in [5, 5.41) is 2.37. The minimum atomic E-state index is -4.43. The Labute approximate surface area is 113 Å². The molecule has 0 saturated carbocycles. The van der Waals surface area contributed by atoms with Crippen LogP contribution in [0.15, 0.2) is 10.8 Å². The minimum absolute atomic E-state index is 0.0239. The standard InChI is InChI=1S/C12H16F3NO2S/c1-11(2,3)18-10(17)9(16)4-7-5-19-6-8(7)12(13,14)15/h5-6,9H,4,16H2,1-3H3. The monoisotopic (exact) mass is 295 g/mol. The van der Waals surface area contributed by atoms with Crippen molar-refractivity contribution in [2.24, 2.45) is 5.73 Å². The average Bonchev–Trinajstić information content (AvgIpc) is 2.62. The van der Waals surface area contributed by atoms with Crippen molar-refractivity contribution >= 4 is 17.3 Å². The first kappa shape index (κ1) is 16.0. The van der Waals surface area contributed by atoms with Crippen molar-refractivity contribution in [2.75, 3.05) is 0 Å². The SMILES string of the molecule is CC(C)(C)OC(=O)C(N)Cc1cscc1C(F)(F)F. The van der Waals surface area contributed by atoms with E-state index in [1.807, 2.05) is 0 Å². The van der Waals surface area contributed by atoms with Gasteiger partial charge in [-0.05, 0) is 38.1 Å². The number of esters is 1. The lowest BCUT2D eigenvalue weighted by Crippen LogP contribution is -2.39. The molecule has 0 aliphatic heterocycles. The Hall–Kier alpha value is -1.08. The highest BCUT2D eigenvalue weighted by Gasteiger charge is 2.35. The second kappa shape index (κ2) is 5.50. The van der Waals surface area contributed by atoms with Crippen LogP contribution in [0.1, 0.15) is 31.9 Å². The molecule has 1 aromatic heterocycles. The van der Waals surface area contributed by atoms with Crippen LogP contribution >= 0.6 is 11.3 Å². The van der Waals surface area contributed by atoms with E-state index in [4.69, 9.17) is 10.5 Å². The van der Waals surface area contributed by atoms with Gasteiger partial charge in [-0.3, -0.25) is 4.79 Å². The number of nitrogens with two attached hydrogens (primary N) is 1. The van der Waals surface area contributed by atoms with E-state index in [0.717, 1.165) is 16.7 Å². The molecule has 2 N–H and O–H groups in total. The van der Waals surface area contributed by atoms with Gasteiger partial charge in [0.2, 0.25) is 0 Å². The van der Waals surface area contributed by atoms with E-state index in [-0.39, 0.29) is 12.0 Å². The highest BCUT2D eigenvalue weighted by atomic mass is 32.1. The lowest BCUT2D eigenvalue weighted by Gasteiger charge is -2.22. The predicted molar refractivity (Wildman–Crippen MR) is 66.8 cm³/mol. The first-order valence-corrected chi connectivity index (χ1v) is 6.55. The normalized spacial score (nSPS) is 14.3. The van der Waals surface area contributed by atoms with E-state index in [1.54, 1.807) is 20.8 Å². The van der Waals surface area contributed by atoms with Gasteiger partial charge in [0, 0.05) is 5.38 Å². The van der Waals surface area contributed by atoms with E-state index < -0.39 is 29.4 Å². The van der Waals surface area contributed by atoms with Gasteiger partial charge < -0.3 is 10.5 Å². The third kappa shape index (κ3) is 4.83. The molecule has 0 fully saturated rings. The first-order chi connectivity index (χ1) is 8.50. The summed E-state index contributed by atoms with van der Waals surface area (Å²) in [5.74, 6) is -0.702. The molecule has 0 spiro atoms. The summed E-state index contributed by atoms with van der Waals surface area (Å²) in [6.45, 7) is 5.01. The number of hydrogen-bond acceptors (Lipinski definition) is 4. The largest absolute Gasteiger partial charge is 0.459 e. The van der Waals surface area contributed by atoms with Crippen molar-refractivity contribution in [3.63, 3.8) is 0 Å². The highest BCUT2D eigenvalue weighted by Crippen LogP contribution is 2.34. The first-order valence-electron chi connectivity index (χ1n) is 5.61. The molecule has 1 aromatic rings. The Kier molecular flexibility index (Phi) is 4.63. The maximum atomic E-state index is 12.7. The summed E-state index contributed by atoms with van der Waals surface area (Å²) in [4.78, 5) is 11.6. The van der Waals surface area contributed by atoms with Crippen molar-refractivity contribution in [1.29, 1.82) is 0 Å². The van der Waals surface area contributed by atoms with Crippen molar-refractivity contribution < 1.29 is 22.7 Å². The summed E-state index contributed by atoms with van der Waals surface area (Å²) in [7, 11) is 0. The molecular formula is C12H16F3NO2S. The number of rotatable bonds is 3. The fourth-order valence-corrected chi connectivity index (χ4v) is 2.30. The van der Waals surface area contributed by atoms with Crippen molar-refractivity contribution in [3.05, 3.63) is 21.9 Å². The van der Waals surface area contributed by atoms with E-state index in [1.165, 1.54) is 5.38 Å². The Bertz CT molecular complexity index is 449. The van der Waals surface area contributed by atoms with Crippen LogP contribution in [-0.4, -0.2) is 17.6 Å². The summed E-state index contributed by atoms with van der Waals surface area (Å²) in [6, 6.07) is -1.10. The van der Waals surface area contributed by atoms with E-state index in [9.17, 15) is 18.0 Å². The zero-order valence-electron chi connectivity index (χ0n) is 10.9. The number of alkyl halides is 3. The van der Waals surface area contributed by atoms with Gasteiger partial charge in [-0.1, -0.05) is 0 Å². The van der Waals surface area contributed by atoms with Gasteiger partial charge in [0.1, 0.15) is 11.6 Å². The number of carbonyl (C=O) groups is 1. The van der Waals surface area contributed by atoms with E-state index in [2.05, 4.69) is 0 Å². The number of halogens is 3. The zero-order chi connectivity index (χ0) is 14.8. The Balaban J connectivity index is 2.76. The molecule has 7 heteroatoms. The lowest BCUT2D eigenvalue weighted by molar-refractivity contribution is -0.156. The molecule has 0 amide bonds. The van der Waals surface area contributed by atoms with Crippen molar-refractivity contribution in [1.82, 2.24) is 0 Å². The molecule has 0 aromatic carbocycles. The van der Waals surface area contributed by atoms with Crippen LogP contribution < -0.4 is 5.73 Å². The highest BCUT2D eigenvalue weighted by molar-refractivity contribution is 7.08. The number of carbonyl (C=O) groups excluding carboxylic acids is 1. The molecule has 1 heterocycles. The molecule has 0 bridgehead atoms. The zero-order valence-corrected chi connectivity index (χ0v) is 11.7. The summed E-state index contributed by atoms with van der Waals surface area (Å²) in [6.07, 6.45) is -4.61. The van der Waals surface area contributed by atoms with Gasteiger partial charge in [-0.2, -0.15) is 24.5 Å². The molecular weight excluding hydrogens is 279 g/mol. The lowest BCUT2D eigenvalue weighted by atomic mass is 10.1. The fraction of sp³-hybridized carbons (Fsp3) is 0.583. The molecule has 0 aliphatic carbocycles. The van der Waals surface area contributed by atoms with E-state index >= 15 is 0 Å². The van der Waals surface area contributed by atoms with Gasteiger partial charge in [0.25, 0.3) is 0 Å². The van der Waals surface area contributed by atoms with Crippen LogP contribution in [0.2, 0.25) is 0 Å². The molecule has 19 heavy (non-hydrogen) atoms. The molecule has 0 saturated heterocycles. The van der Waals surface area contributed by atoms with Gasteiger partial charge in [0.15, 0.2) is 0 Å². The minimum Gasteiger partial charge on any atom is -0.459 e. The third-order valence-corrected chi connectivity index (χ3v) is 2.99. The molecule has 0 radical (unpaired) electrons. The third-order valence-electron chi connectivity index (χ3n) is 2.20. The van der Waals surface area contributed by atoms with Gasteiger partial charge in [0.05, 0.1) is 5.56 Å². The average molecular weight is 295 g/mol. The van der Waals surface area contributed by atoms with Crippen molar-refractivity contribution in [3.8, 4) is 0 Å². The second-order valence-corrected chi connectivity index (χ2v) is 5.90. The molecule has 0 aliphatic rings. The van der Waals surface area contributed by atoms with Gasteiger partial charge >= 0.3 is 12.1 Å². The molecule has 3 nitrogen and oxygen atoms in total. The van der Waals surface area contributed by atoms with Gasteiger partial charge in [-0.15, -0.1) is 0 Å². The molecule has 1 rings (SSSR count). The van der Waals surface area contributed by atoms with Crippen molar-refractivity contribution in [2.45, 2.75) is 45.0 Å². The maximum Gasteiger partial charge on any atom is 0.417 e. The van der Waals surface area contributed by atoms with Crippen LogP contribution in [0, 0.1) is 0 Å². The van der Waals surface area contributed by atoms with Crippen LogP contribution in [0.3, 0.4) is 0 Å². The van der Waals surface area contributed by atoms with Crippen LogP contribution in [-0.2, 0) is 22.1 Å². The topological polar surface area (TPSA) is 52.3 Å². The van der Waals surface area contributed by atoms with Crippen LogP contribution in [0.4, 0.5) is 13.2 Å². The maximum absolute atomic E-state index is 12.7. The fourth-order valence-electron chi connectivity index (χ4n) is 1.43. The predicted octanol–water partition coefficient (Wildman–Crippen LogP) is 2.98. The smallest absolute Gasteiger partial charge is 0.417 e. The molecule has 1 atom stereocenters. The second-order valence-electron chi connectivity index (χ2n) is 5.15. The summed E-state index contributed by atoms with van der Waals surface area (Å²) < 4.78 is 43.0. The molecule has 108 valence electrons. The summed E-state index contributed by atoms with van der Waals surface area (Å²) in [5.41, 5.74) is 4.16. The number of hydrogen-bond donors (Lipinski definition) is 1. The van der Waals surface area contributed by atoms with E-state index in [0.29, 0.717) is 0 Å². The Morgan fingerprint density at radius 2 is 1.95 bits per heavy atom. The Morgan fingerprint density at radius 3 is 2.42 bits per heavy atom. The van der Waals surface area contributed by atoms with Crippen LogP contribution in [0.25, 0.3) is 0 Å². The van der Waals surface area contributed by atoms with Gasteiger partial charge in [-0.25, -0.2) is 0 Å². The number of ether oxygens (including phenoxy) is 1. The number of thiophene rings is 1. The van der Waals surface area contributed by atoms with Crippen LogP contribution in [0.5, 0.6) is 0 Å². The summed E-state index contributed by atoms with van der Waals surface area (Å²) >= 11 is 0.932. The Morgan fingerprint density at radius 1 is 1.37 bits per heavy atom. The quantitative estimate of drug-likeness (QED) is 0.872. The molecule has 1 unspecified atom stereocenters.